The SMILES string of the molecule is CC(C)(C)c1ccc(C(=O)CSC2CCCC2)cc1. The molecule has 0 saturated heterocycles. The summed E-state index contributed by atoms with van der Waals surface area (Å²) < 4.78 is 0. The molecule has 0 bridgehead atoms. The third kappa shape index (κ3) is 4.10. The average molecular weight is 276 g/mol. The zero-order valence-corrected chi connectivity index (χ0v) is 13.1. The van der Waals surface area contributed by atoms with E-state index in [4.69, 9.17) is 0 Å². The van der Waals surface area contributed by atoms with Gasteiger partial charge in [-0.25, -0.2) is 0 Å². The summed E-state index contributed by atoms with van der Waals surface area (Å²) in [7, 11) is 0. The van der Waals surface area contributed by atoms with Crippen molar-refractivity contribution in [2.24, 2.45) is 0 Å². The second kappa shape index (κ2) is 6.13. The predicted molar refractivity (Wildman–Crippen MR) is 84.2 cm³/mol. The lowest BCUT2D eigenvalue weighted by Crippen LogP contribution is -2.12. The van der Waals surface area contributed by atoms with Crippen LogP contribution in [0.15, 0.2) is 24.3 Å². The molecule has 1 fully saturated rings. The van der Waals surface area contributed by atoms with Crippen LogP contribution in [-0.4, -0.2) is 16.8 Å². The summed E-state index contributed by atoms with van der Waals surface area (Å²) in [4.78, 5) is 12.1. The number of ketones is 1. The van der Waals surface area contributed by atoms with Crippen LogP contribution >= 0.6 is 11.8 Å². The lowest BCUT2D eigenvalue weighted by molar-refractivity contribution is 0.102. The Kier molecular flexibility index (Phi) is 4.72. The Balaban J connectivity index is 1.92. The van der Waals surface area contributed by atoms with E-state index >= 15 is 0 Å². The van der Waals surface area contributed by atoms with Crippen LogP contribution in [0.2, 0.25) is 0 Å². The van der Waals surface area contributed by atoms with Gasteiger partial charge in [0.15, 0.2) is 5.78 Å². The Labute approximate surface area is 121 Å². The van der Waals surface area contributed by atoms with Gasteiger partial charge in [0.2, 0.25) is 0 Å². The largest absolute Gasteiger partial charge is 0.293 e. The van der Waals surface area contributed by atoms with Crippen molar-refractivity contribution in [2.75, 3.05) is 5.75 Å². The van der Waals surface area contributed by atoms with Crippen LogP contribution in [0.3, 0.4) is 0 Å². The van der Waals surface area contributed by atoms with E-state index in [9.17, 15) is 4.79 Å². The summed E-state index contributed by atoms with van der Waals surface area (Å²) in [5.74, 6) is 0.914. The van der Waals surface area contributed by atoms with Gasteiger partial charge in [-0.1, -0.05) is 57.9 Å². The van der Waals surface area contributed by atoms with E-state index in [1.807, 2.05) is 23.9 Å². The number of benzene rings is 1. The molecule has 104 valence electrons. The summed E-state index contributed by atoms with van der Waals surface area (Å²) in [5.41, 5.74) is 2.30. The molecule has 0 radical (unpaired) electrons. The van der Waals surface area contributed by atoms with Gasteiger partial charge in [-0.3, -0.25) is 4.79 Å². The van der Waals surface area contributed by atoms with Gasteiger partial charge in [0.1, 0.15) is 0 Å². The molecule has 0 aliphatic heterocycles. The van der Waals surface area contributed by atoms with Crippen molar-refractivity contribution in [1.82, 2.24) is 0 Å². The quantitative estimate of drug-likeness (QED) is 0.732. The molecule has 1 aromatic carbocycles. The molecular weight excluding hydrogens is 252 g/mol. The molecule has 2 rings (SSSR count). The van der Waals surface area contributed by atoms with Gasteiger partial charge in [-0.15, -0.1) is 0 Å². The van der Waals surface area contributed by atoms with Gasteiger partial charge >= 0.3 is 0 Å². The number of carbonyl (C=O) groups is 1. The molecule has 2 heteroatoms. The van der Waals surface area contributed by atoms with Gasteiger partial charge in [-0.2, -0.15) is 11.8 Å². The summed E-state index contributed by atoms with van der Waals surface area (Å²) in [6.45, 7) is 6.58. The van der Waals surface area contributed by atoms with E-state index in [0.29, 0.717) is 5.75 Å². The minimum Gasteiger partial charge on any atom is -0.293 e. The fraction of sp³-hybridized carbons (Fsp3) is 0.588. The minimum atomic E-state index is 0.153. The average Bonchev–Trinajstić information content (AvgIpc) is 2.88. The monoisotopic (exact) mass is 276 g/mol. The Hall–Kier alpha value is -0.760. The molecule has 1 aliphatic rings. The molecular formula is C17H24OS. The first kappa shape index (κ1) is 14.6. The lowest BCUT2D eigenvalue weighted by atomic mass is 9.86. The third-order valence-corrected chi connectivity index (χ3v) is 5.20. The smallest absolute Gasteiger partial charge is 0.172 e. The van der Waals surface area contributed by atoms with Crippen molar-refractivity contribution in [3.63, 3.8) is 0 Å². The molecule has 1 aliphatic carbocycles. The van der Waals surface area contributed by atoms with Crippen LogP contribution in [0.25, 0.3) is 0 Å². The molecule has 0 unspecified atom stereocenters. The predicted octanol–water partition coefficient (Wildman–Crippen LogP) is 4.84. The molecule has 0 aromatic heterocycles. The highest BCUT2D eigenvalue weighted by Crippen LogP contribution is 2.30. The van der Waals surface area contributed by atoms with Crippen molar-refractivity contribution in [3.05, 3.63) is 35.4 Å². The third-order valence-electron chi connectivity index (χ3n) is 3.83. The Morgan fingerprint density at radius 3 is 2.26 bits per heavy atom. The van der Waals surface area contributed by atoms with E-state index in [0.717, 1.165) is 10.8 Å². The molecule has 1 nitrogen and oxygen atoms in total. The number of thioether (sulfide) groups is 1. The highest BCUT2D eigenvalue weighted by Gasteiger charge is 2.18. The first-order valence-electron chi connectivity index (χ1n) is 7.22. The highest BCUT2D eigenvalue weighted by atomic mass is 32.2. The van der Waals surface area contributed by atoms with Gasteiger partial charge in [0, 0.05) is 10.8 Å². The zero-order valence-electron chi connectivity index (χ0n) is 12.2. The number of Topliss-reactive ketones (excluding diaryl/α,β-unsaturated/α-hetero) is 1. The molecule has 19 heavy (non-hydrogen) atoms. The fourth-order valence-electron chi connectivity index (χ4n) is 2.49. The minimum absolute atomic E-state index is 0.153. The first-order valence-corrected chi connectivity index (χ1v) is 8.27. The number of carbonyl (C=O) groups excluding carboxylic acids is 1. The summed E-state index contributed by atoms with van der Waals surface area (Å²) in [5, 5.41) is 0.720. The lowest BCUT2D eigenvalue weighted by Gasteiger charge is -2.19. The number of rotatable bonds is 4. The van der Waals surface area contributed by atoms with E-state index < -0.39 is 0 Å². The number of hydrogen-bond acceptors (Lipinski definition) is 2. The molecule has 0 amide bonds. The summed E-state index contributed by atoms with van der Waals surface area (Å²) in [6.07, 6.45) is 5.26. The van der Waals surface area contributed by atoms with Crippen molar-refractivity contribution in [1.29, 1.82) is 0 Å². The maximum atomic E-state index is 12.1. The first-order chi connectivity index (χ1) is 8.97. The van der Waals surface area contributed by atoms with Crippen molar-refractivity contribution >= 4 is 17.5 Å². The van der Waals surface area contributed by atoms with Crippen LogP contribution in [0.4, 0.5) is 0 Å². The maximum Gasteiger partial charge on any atom is 0.172 e. The van der Waals surface area contributed by atoms with Crippen LogP contribution in [0.1, 0.15) is 62.4 Å². The molecule has 0 atom stereocenters. The van der Waals surface area contributed by atoms with Gasteiger partial charge in [0.05, 0.1) is 5.75 Å². The van der Waals surface area contributed by atoms with Crippen LogP contribution in [-0.2, 0) is 5.41 Å². The second-order valence-corrected chi connectivity index (χ2v) is 7.76. The fourth-order valence-corrected chi connectivity index (χ4v) is 3.71. The van der Waals surface area contributed by atoms with E-state index in [1.165, 1.54) is 31.2 Å². The van der Waals surface area contributed by atoms with Crippen molar-refractivity contribution in [3.8, 4) is 0 Å². The standard InChI is InChI=1S/C17H24OS/c1-17(2,3)14-10-8-13(9-11-14)16(18)12-19-15-6-4-5-7-15/h8-11,15H,4-7,12H2,1-3H3. The van der Waals surface area contributed by atoms with Crippen LogP contribution in [0, 0.1) is 0 Å². The van der Waals surface area contributed by atoms with Gasteiger partial charge in [-0.05, 0) is 23.8 Å². The number of hydrogen-bond donors (Lipinski definition) is 0. The molecule has 1 saturated carbocycles. The topological polar surface area (TPSA) is 17.1 Å². The molecule has 0 N–H and O–H groups in total. The summed E-state index contributed by atoms with van der Waals surface area (Å²) in [6, 6.07) is 8.15. The Morgan fingerprint density at radius 1 is 1.16 bits per heavy atom. The molecule has 0 heterocycles. The highest BCUT2D eigenvalue weighted by molar-refractivity contribution is 8.00. The van der Waals surface area contributed by atoms with Crippen LogP contribution < -0.4 is 0 Å². The van der Waals surface area contributed by atoms with Crippen LogP contribution in [0.5, 0.6) is 0 Å². The Morgan fingerprint density at radius 2 is 1.74 bits per heavy atom. The summed E-state index contributed by atoms with van der Waals surface area (Å²) >= 11 is 1.85. The molecule has 1 aromatic rings. The van der Waals surface area contributed by atoms with E-state index in [2.05, 4.69) is 32.9 Å². The Bertz CT molecular complexity index is 422. The maximum absolute atomic E-state index is 12.1. The normalized spacial score (nSPS) is 16.8. The zero-order chi connectivity index (χ0) is 13.9. The van der Waals surface area contributed by atoms with E-state index in [1.54, 1.807) is 0 Å². The second-order valence-electron chi connectivity index (χ2n) is 6.47. The van der Waals surface area contributed by atoms with Crippen molar-refractivity contribution in [2.45, 2.75) is 57.1 Å². The van der Waals surface area contributed by atoms with Crippen molar-refractivity contribution < 1.29 is 4.79 Å². The molecule has 0 spiro atoms. The van der Waals surface area contributed by atoms with Gasteiger partial charge in [0.25, 0.3) is 0 Å². The van der Waals surface area contributed by atoms with E-state index in [-0.39, 0.29) is 11.2 Å². The van der Waals surface area contributed by atoms with Gasteiger partial charge < -0.3 is 0 Å².